The van der Waals surface area contributed by atoms with Crippen LogP contribution < -0.4 is 5.32 Å². The highest BCUT2D eigenvalue weighted by atomic mass is 16.3. The van der Waals surface area contributed by atoms with Crippen LogP contribution in [0.1, 0.15) is 45.1 Å². The zero-order valence-corrected chi connectivity index (χ0v) is 11.2. The summed E-state index contributed by atoms with van der Waals surface area (Å²) in [5.74, 6) is 0.342. The van der Waals surface area contributed by atoms with E-state index in [0.717, 1.165) is 41.8 Å². The Morgan fingerprint density at radius 3 is 3.05 bits per heavy atom. The highest BCUT2D eigenvalue weighted by Crippen LogP contribution is 2.27. The highest BCUT2D eigenvalue weighted by molar-refractivity contribution is 5.93. The first-order valence-electron chi connectivity index (χ1n) is 6.54. The summed E-state index contributed by atoms with van der Waals surface area (Å²) < 4.78 is 5.39. The molecule has 2 aromatic heterocycles. The molecule has 0 bridgehead atoms. The van der Waals surface area contributed by atoms with Crippen molar-refractivity contribution in [3.8, 4) is 0 Å². The lowest BCUT2D eigenvalue weighted by molar-refractivity contribution is 0.0921. The van der Waals surface area contributed by atoms with E-state index in [4.69, 9.17) is 4.42 Å². The first kappa shape index (κ1) is 12.0. The van der Waals surface area contributed by atoms with E-state index >= 15 is 0 Å². The number of aromatic nitrogens is 2. The van der Waals surface area contributed by atoms with Crippen molar-refractivity contribution in [2.24, 2.45) is 0 Å². The maximum Gasteiger partial charge on any atom is 0.287 e. The maximum absolute atomic E-state index is 12.1. The van der Waals surface area contributed by atoms with Crippen LogP contribution in [0.5, 0.6) is 0 Å². The summed E-state index contributed by atoms with van der Waals surface area (Å²) in [5, 5.41) is 9.93. The van der Waals surface area contributed by atoms with Gasteiger partial charge in [-0.15, -0.1) is 0 Å². The number of furan rings is 1. The Morgan fingerprint density at radius 1 is 1.47 bits per heavy atom. The van der Waals surface area contributed by atoms with Gasteiger partial charge in [0.15, 0.2) is 5.76 Å². The number of rotatable bonds is 3. The molecule has 3 rings (SSSR count). The summed E-state index contributed by atoms with van der Waals surface area (Å²) in [6.07, 6.45) is 4.79. The first-order chi connectivity index (χ1) is 9.16. The third-order valence-corrected chi connectivity index (χ3v) is 3.77. The molecule has 0 aliphatic heterocycles. The zero-order valence-electron chi connectivity index (χ0n) is 11.2. The molecule has 0 saturated carbocycles. The van der Waals surface area contributed by atoms with E-state index in [1.807, 2.05) is 13.8 Å². The van der Waals surface area contributed by atoms with Crippen LogP contribution in [0.2, 0.25) is 0 Å². The molecular weight excluding hydrogens is 242 g/mol. The Bertz CT molecular complexity index is 605. The van der Waals surface area contributed by atoms with Crippen molar-refractivity contribution < 1.29 is 9.21 Å². The number of hydrogen-bond donors (Lipinski definition) is 2. The number of aryl methyl sites for hydroxylation is 3. The molecule has 1 amide bonds. The summed E-state index contributed by atoms with van der Waals surface area (Å²) in [6, 6.07) is 0. The number of hydrogen-bond acceptors (Lipinski definition) is 3. The number of H-pyrrole nitrogens is 1. The molecule has 19 heavy (non-hydrogen) atoms. The van der Waals surface area contributed by atoms with Crippen molar-refractivity contribution in [1.82, 2.24) is 15.5 Å². The van der Waals surface area contributed by atoms with Crippen molar-refractivity contribution in [2.75, 3.05) is 0 Å². The Labute approximate surface area is 111 Å². The van der Waals surface area contributed by atoms with Gasteiger partial charge >= 0.3 is 0 Å². The lowest BCUT2D eigenvalue weighted by Gasteiger charge is -2.04. The van der Waals surface area contributed by atoms with Gasteiger partial charge in [0, 0.05) is 23.4 Å². The van der Waals surface area contributed by atoms with Crippen molar-refractivity contribution in [2.45, 2.75) is 39.7 Å². The Hall–Kier alpha value is -2.04. The maximum atomic E-state index is 12.1. The number of aromatic amines is 1. The number of carbonyl (C=O) groups is 1. The second-order valence-corrected chi connectivity index (χ2v) is 5.02. The third kappa shape index (κ3) is 2.05. The van der Waals surface area contributed by atoms with Crippen LogP contribution in [0, 0.1) is 13.8 Å². The van der Waals surface area contributed by atoms with Gasteiger partial charge in [0.2, 0.25) is 0 Å². The van der Waals surface area contributed by atoms with Gasteiger partial charge in [-0.3, -0.25) is 9.89 Å². The molecule has 5 heteroatoms. The topological polar surface area (TPSA) is 70.9 Å². The minimum absolute atomic E-state index is 0.136. The monoisotopic (exact) mass is 259 g/mol. The standard InChI is InChI=1S/C14H17N3O2/c1-8-12(9(2)17-16-8)6-15-14(18)13-11-5-3-4-10(11)7-19-13/h7H,3-6H2,1-2H3,(H,15,18)(H,16,17). The van der Waals surface area contributed by atoms with E-state index in [0.29, 0.717) is 12.3 Å². The zero-order chi connectivity index (χ0) is 13.4. The molecule has 2 heterocycles. The fourth-order valence-corrected chi connectivity index (χ4v) is 2.63. The molecule has 0 atom stereocenters. The number of nitrogens with one attached hydrogen (secondary N) is 2. The molecule has 0 spiro atoms. The SMILES string of the molecule is Cc1n[nH]c(C)c1CNC(=O)c1occ2c1CCC2. The summed E-state index contributed by atoms with van der Waals surface area (Å²) in [4.78, 5) is 12.1. The predicted molar refractivity (Wildman–Crippen MR) is 70.0 cm³/mol. The molecule has 0 unspecified atom stereocenters. The van der Waals surface area contributed by atoms with Gasteiger partial charge < -0.3 is 9.73 Å². The second-order valence-electron chi connectivity index (χ2n) is 5.02. The van der Waals surface area contributed by atoms with Gasteiger partial charge in [-0.05, 0) is 38.7 Å². The van der Waals surface area contributed by atoms with E-state index in [9.17, 15) is 4.79 Å². The minimum atomic E-state index is -0.136. The molecule has 0 saturated heterocycles. The van der Waals surface area contributed by atoms with E-state index in [1.165, 1.54) is 5.56 Å². The molecule has 0 fully saturated rings. The van der Waals surface area contributed by atoms with Gasteiger partial charge in [-0.1, -0.05) is 0 Å². The summed E-state index contributed by atoms with van der Waals surface area (Å²) in [5.41, 5.74) is 5.21. The molecule has 1 aliphatic carbocycles. The summed E-state index contributed by atoms with van der Waals surface area (Å²) >= 11 is 0. The van der Waals surface area contributed by atoms with Crippen LogP contribution in [0.25, 0.3) is 0 Å². The average molecular weight is 259 g/mol. The van der Waals surface area contributed by atoms with E-state index in [-0.39, 0.29) is 5.91 Å². The quantitative estimate of drug-likeness (QED) is 0.886. The minimum Gasteiger partial charge on any atom is -0.459 e. The normalized spacial score (nSPS) is 13.6. The van der Waals surface area contributed by atoms with Crippen LogP contribution >= 0.6 is 0 Å². The Morgan fingerprint density at radius 2 is 2.32 bits per heavy atom. The number of nitrogens with zero attached hydrogens (tertiary/aromatic N) is 1. The van der Waals surface area contributed by atoms with Gasteiger partial charge in [0.05, 0.1) is 12.0 Å². The largest absolute Gasteiger partial charge is 0.459 e. The van der Waals surface area contributed by atoms with Crippen molar-refractivity contribution in [1.29, 1.82) is 0 Å². The summed E-state index contributed by atoms with van der Waals surface area (Å²) in [6.45, 7) is 4.35. The van der Waals surface area contributed by atoms with Gasteiger partial charge in [-0.25, -0.2) is 0 Å². The number of fused-ring (bicyclic) bond motifs is 1. The average Bonchev–Trinajstić information content (AvgIpc) is 3.04. The number of carbonyl (C=O) groups excluding carboxylic acids is 1. The van der Waals surface area contributed by atoms with Gasteiger partial charge in [0.25, 0.3) is 5.91 Å². The molecule has 0 aromatic carbocycles. The Balaban J connectivity index is 1.72. The molecule has 2 aromatic rings. The number of amides is 1. The second kappa shape index (κ2) is 4.57. The lowest BCUT2D eigenvalue weighted by Crippen LogP contribution is -2.23. The molecule has 5 nitrogen and oxygen atoms in total. The molecule has 100 valence electrons. The van der Waals surface area contributed by atoms with Crippen molar-refractivity contribution in [3.05, 3.63) is 40.1 Å². The third-order valence-electron chi connectivity index (χ3n) is 3.77. The molecule has 2 N–H and O–H groups in total. The Kier molecular flexibility index (Phi) is 2.89. The fraction of sp³-hybridized carbons (Fsp3) is 0.429. The molecule has 1 aliphatic rings. The van der Waals surface area contributed by atoms with E-state index in [2.05, 4.69) is 15.5 Å². The molecule has 0 radical (unpaired) electrons. The summed E-state index contributed by atoms with van der Waals surface area (Å²) in [7, 11) is 0. The van der Waals surface area contributed by atoms with E-state index in [1.54, 1.807) is 6.26 Å². The van der Waals surface area contributed by atoms with Crippen LogP contribution in [0.3, 0.4) is 0 Å². The van der Waals surface area contributed by atoms with Crippen LogP contribution in [-0.2, 0) is 19.4 Å². The van der Waals surface area contributed by atoms with Crippen molar-refractivity contribution >= 4 is 5.91 Å². The molecular formula is C14H17N3O2. The highest BCUT2D eigenvalue weighted by Gasteiger charge is 2.23. The predicted octanol–water partition coefficient (Wildman–Crippen LogP) is 2.04. The van der Waals surface area contributed by atoms with Crippen LogP contribution in [0.4, 0.5) is 0 Å². The first-order valence-corrected chi connectivity index (χ1v) is 6.54. The van der Waals surface area contributed by atoms with Gasteiger partial charge in [0.1, 0.15) is 0 Å². The van der Waals surface area contributed by atoms with E-state index < -0.39 is 0 Å². The lowest BCUT2D eigenvalue weighted by atomic mass is 10.1. The fourth-order valence-electron chi connectivity index (χ4n) is 2.63. The van der Waals surface area contributed by atoms with Crippen molar-refractivity contribution in [3.63, 3.8) is 0 Å². The van der Waals surface area contributed by atoms with Crippen LogP contribution in [-0.4, -0.2) is 16.1 Å². The van der Waals surface area contributed by atoms with Gasteiger partial charge in [-0.2, -0.15) is 5.10 Å². The van der Waals surface area contributed by atoms with Crippen LogP contribution in [0.15, 0.2) is 10.7 Å². The smallest absolute Gasteiger partial charge is 0.287 e.